The monoisotopic (exact) mass is 398 g/mol. The van der Waals surface area contributed by atoms with Crippen molar-refractivity contribution in [1.82, 2.24) is 19.9 Å². The summed E-state index contributed by atoms with van der Waals surface area (Å²) in [6, 6.07) is 16.6. The fourth-order valence-electron chi connectivity index (χ4n) is 3.40. The van der Waals surface area contributed by atoms with Gasteiger partial charge in [-0.2, -0.15) is 0 Å². The molecule has 0 aliphatic heterocycles. The normalized spacial score (nSPS) is 11.1. The summed E-state index contributed by atoms with van der Waals surface area (Å²) in [7, 11) is 0. The summed E-state index contributed by atoms with van der Waals surface area (Å²) in [5.41, 5.74) is 16.0. The van der Waals surface area contributed by atoms with Crippen LogP contribution in [0.25, 0.3) is 33.1 Å². The maximum atomic E-state index is 12.4. The number of hydrogen-bond acceptors (Lipinski definition) is 5. The standard InChI is InChI=1S/C21H18N8O/c22-19-24-10-17(28-19)12-2-5-13(6-3-12)25-21(30)26-14-7-1-11-4-8-16-18(15(11)9-14)29-20(23)27-16/h1-10H,(H3,22,24,28)(H3,23,27,29)(H2,25,26,30). The van der Waals surface area contributed by atoms with Gasteiger partial charge in [-0.1, -0.05) is 24.3 Å². The van der Waals surface area contributed by atoms with Gasteiger partial charge in [0.25, 0.3) is 0 Å². The number of nitrogen functional groups attached to an aromatic ring is 2. The number of fused-ring (bicyclic) bond motifs is 3. The van der Waals surface area contributed by atoms with Crippen molar-refractivity contribution in [2.45, 2.75) is 0 Å². The smallest absolute Gasteiger partial charge is 0.323 e. The molecule has 30 heavy (non-hydrogen) atoms. The Morgan fingerprint density at radius 3 is 2.37 bits per heavy atom. The fraction of sp³-hybridized carbons (Fsp3) is 0. The van der Waals surface area contributed by atoms with Crippen molar-refractivity contribution in [3.05, 3.63) is 60.8 Å². The van der Waals surface area contributed by atoms with Gasteiger partial charge in [-0.05, 0) is 41.3 Å². The van der Waals surface area contributed by atoms with E-state index >= 15 is 0 Å². The average molecular weight is 398 g/mol. The van der Waals surface area contributed by atoms with Crippen LogP contribution < -0.4 is 22.1 Å². The number of anilines is 4. The second-order valence-electron chi connectivity index (χ2n) is 6.86. The van der Waals surface area contributed by atoms with Crippen LogP contribution in [-0.4, -0.2) is 26.0 Å². The third-order valence-corrected chi connectivity index (χ3v) is 4.80. The zero-order chi connectivity index (χ0) is 20.7. The first-order valence-corrected chi connectivity index (χ1v) is 9.22. The average Bonchev–Trinajstić information content (AvgIpc) is 3.33. The lowest BCUT2D eigenvalue weighted by Crippen LogP contribution is -2.19. The van der Waals surface area contributed by atoms with Gasteiger partial charge >= 0.3 is 6.03 Å². The zero-order valence-electron chi connectivity index (χ0n) is 15.7. The Labute approximate surface area is 170 Å². The maximum absolute atomic E-state index is 12.4. The summed E-state index contributed by atoms with van der Waals surface area (Å²) in [5.74, 6) is 0.714. The lowest BCUT2D eigenvalue weighted by Gasteiger charge is -2.09. The third-order valence-electron chi connectivity index (χ3n) is 4.80. The molecule has 0 saturated carbocycles. The summed E-state index contributed by atoms with van der Waals surface area (Å²) in [5, 5.41) is 7.59. The lowest BCUT2D eigenvalue weighted by atomic mass is 10.1. The molecule has 9 nitrogen and oxygen atoms in total. The van der Waals surface area contributed by atoms with E-state index in [9.17, 15) is 4.79 Å². The molecule has 5 aromatic rings. The van der Waals surface area contributed by atoms with Gasteiger partial charge < -0.3 is 32.1 Å². The topological polar surface area (TPSA) is 151 Å². The second-order valence-corrected chi connectivity index (χ2v) is 6.86. The predicted molar refractivity (Wildman–Crippen MR) is 119 cm³/mol. The SMILES string of the molecule is Nc1ncc(-c2ccc(NC(=O)Nc3ccc4ccc5[nH]c(N)nc5c4c3)cc2)[nH]1. The van der Waals surface area contributed by atoms with E-state index in [0.717, 1.165) is 33.1 Å². The van der Waals surface area contributed by atoms with Crippen LogP contribution >= 0.6 is 0 Å². The van der Waals surface area contributed by atoms with Gasteiger partial charge in [0.05, 0.1) is 22.9 Å². The highest BCUT2D eigenvalue weighted by Gasteiger charge is 2.09. The molecule has 0 aliphatic carbocycles. The van der Waals surface area contributed by atoms with Crippen molar-refractivity contribution in [1.29, 1.82) is 0 Å². The number of benzene rings is 3. The van der Waals surface area contributed by atoms with Crippen LogP contribution in [-0.2, 0) is 0 Å². The number of H-pyrrole nitrogens is 2. The van der Waals surface area contributed by atoms with Gasteiger partial charge in [0, 0.05) is 16.8 Å². The van der Waals surface area contributed by atoms with E-state index in [4.69, 9.17) is 11.5 Å². The molecular weight excluding hydrogens is 380 g/mol. The summed E-state index contributed by atoms with van der Waals surface area (Å²) < 4.78 is 0. The molecule has 0 saturated heterocycles. The largest absolute Gasteiger partial charge is 0.369 e. The molecule has 2 heterocycles. The highest BCUT2D eigenvalue weighted by molar-refractivity contribution is 6.07. The first-order chi connectivity index (χ1) is 14.5. The van der Waals surface area contributed by atoms with E-state index in [2.05, 4.69) is 30.6 Å². The Kier molecular flexibility index (Phi) is 3.99. The van der Waals surface area contributed by atoms with Crippen LogP contribution in [0.2, 0.25) is 0 Å². The highest BCUT2D eigenvalue weighted by atomic mass is 16.2. The van der Waals surface area contributed by atoms with Gasteiger partial charge in [0.1, 0.15) is 0 Å². The Morgan fingerprint density at radius 2 is 1.60 bits per heavy atom. The molecular formula is C21H18N8O. The molecule has 5 rings (SSSR count). The molecule has 8 N–H and O–H groups in total. The van der Waals surface area contributed by atoms with E-state index in [-0.39, 0.29) is 6.03 Å². The minimum Gasteiger partial charge on any atom is -0.369 e. The van der Waals surface area contributed by atoms with E-state index < -0.39 is 0 Å². The van der Waals surface area contributed by atoms with E-state index in [1.165, 1.54) is 0 Å². The number of aromatic amines is 2. The first kappa shape index (κ1) is 17.6. The number of nitrogens with zero attached hydrogens (tertiary/aromatic N) is 2. The van der Waals surface area contributed by atoms with Gasteiger partial charge in [-0.25, -0.2) is 14.8 Å². The van der Waals surface area contributed by atoms with Gasteiger partial charge in [-0.3, -0.25) is 0 Å². The number of carbonyl (C=O) groups excluding carboxylic acids is 1. The summed E-state index contributed by atoms with van der Waals surface area (Å²) in [4.78, 5) is 26.8. The molecule has 0 bridgehead atoms. The maximum Gasteiger partial charge on any atom is 0.323 e. The fourth-order valence-corrected chi connectivity index (χ4v) is 3.40. The molecule has 9 heteroatoms. The number of nitrogens with two attached hydrogens (primary N) is 2. The van der Waals surface area contributed by atoms with Crippen LogP contribution in [0, 0.1) is 0 Å². The number of imidazole rings is 2. The second kappa shape index (κ2) is 6.82. The number of rotatable bonds is 3. The van der Waals surface area contributed by atoms with Crippen LogP contribution in [0.5, 0.6) is 0 Å². The number of nitrogens with one attached hydrogen (secondary N) is 4. The van der Waals surface area contributed by atoms with E-state index in [1.54, 1.807) is 6.20 Å². The number of hydrogen-bond donors (Lipinski definition) is 6. The highest BCUT2D eigenvalue weighted by Crippen LogP contribution is 2.27. The van der Waals surface area contributed by atoms with Gasteiger partial charge in [-0.15, -0.1) is 0 Å². The van der Waals surface area contributed by atoms with Crippen molar-refractivity contribution in [3.63, 3.8) is 0 Å². The summed E-state index contributed by atoms with van der Waals surface area (Å²) >= 11 is 0. The van der Waals surface area contributed by atoms with E-state index in [0.29, 0.717) is 23.3 Å². The molecule has 2 aromatic heterocycles. The number of amides is 2. The summed E-state index contributed by atoms with van der Waals surface area (Å²) in [6.07, 6.45) is 1.66. The van der Waals surface area contributed by atoms with Gasteiger partial charge in [0.2, 0.25) is 0 Å². The Morgan fingerprint density at radius 1 is 0.867 bits per heavy atom. The minimum absolute atomic E-state index is 0.346. The van der Waals surface area contributed by atoms with Gasteiger partial charge in [0.15, 0.2) is 11.9 Å². The molecule has 148 valence electrons. The number of carbonyl (C=O) groups is 1. The molecule has 0 radical (unpaired) electrons. The Hall–Kier alpha value is -4.53. The van der Waals surface area contributed by atoms with Crippen molar-refractivity contribution in [2.75, 3.05) is 22.1 Å². The quantitative estimate of drug-likeness (QED) is 0.272. The first-order valence-electron chi connectivity index (χ1n) is 9.22. The van der Waals surface area contributed by atoms with Crippen LogP contribution in [0.1, 0.15) is 0 Å². The lowest BCUT2D eigenvalue weighted by molar-refractivity contribution is 0.262. The molecule has 0 unspecified atom stereocenters. The molecule has 0 fully saturated rings. The predicted octanol–water partition coefficient (Wildman–Crippen LogP) is 3.91. The molecule has 0 spiro atoms. The number of aromatic nitrogens is 4. The zero-order valence-corrected chi connectivity index (χ0v) is 15.7. The van der Waals surface area contributed by atoms with Crippen molar-refractivity contribution < 1.29 is 4.79 Å². The molecule has 3 aromatic carbocycles. The Bertz CT molecular complexity index is 1380. The number of urea groups is 1. The molecule has 0 atom stereocenters. The molecule has 0 aliphatic rings. The van der Waals surface area contributed by atoms with Crippen LogP contribution in [0.15, 0.2) is 60.8 Å². The van der Waals surface area contributed by atoms with Crippen molar-refractivity contribution in [3.8, 4) is 11.3 Å². The Balaban J connectivity index is 1.33. The third kappa shape index (κ3) is 3.24. The van der Waals surface area contributed by atoms with Crippen molar-refractivity contribution in [2.24, 2.45) is 0 Å². The summed E-state index contributed by atoms with van der Waals surface area (Å²) in [6.45, 7) is 0. The van der Waals surface area contributed by atoms with Crippen molar-refractivity contribution >= 4 is 51.1 Å². The molecule has 2 amide bonds. The van der Waals surface area contributed by atoms with Crippen LogP contribution in [0.3, 0.4) is 0 Å². The van der Waals surface area contributed by atoms with E-state index in [1.807, 2.05) is 54.6 Å². The van der Waals surface area contributed by atoms with Crippen LogP contribution in [0.4, 0.5) is 28.1 Å². The minimum atomic E-state index is -0.346.